The van der Waals surface area contributed by atoms with Gasteiger partial charge >= 0.3 is 0 Å². The number of nitrogens with two attached hydrogens (primary N) is 1. The number of ketones is 1. The Morgan fingerprint density at radius 3 is 2.71 bits per heavy atom. The third-order valence-electron chi connectivity index (χ3n) is 2.07. The molecule has 0 saturated carbocycles. The summed E-state index contributed by atoms with van der Waals surface area (Å²) in [7, 11) is 1.57. The van der Waals surface area contributed by atoms with E-state index in [1.54, 1.807) is 19.2 Å². The highest BCUT2D eigenvalue weighted by molar-refractivity contribution is 9.09. The van der Waals surface area contributed by atoms with Crippen LogP contribution in [-0.4, -0.2) is 18.2 Å². The van der Waals surface area contributed by atoms with Crippen LogP contribution in [0.2, 0.25) is 0 Å². The van der Waals surface area contributed by atoms with Crippen LogP contribution in [-0.2, 0) is 0 Å². The molecule has 0 radical (unpaired) electrons. The summed E-state index contributed by atoms with van der Waals surface area (Å²) in [5.41, 5.74) is 7.55. The molecule has 1 aromatic rings. The maximum absolute atomic E-state index is 11.5. The zero-order valence-electron chi connectivity index (χ0n) is 8.13. The van der Waals surface area contributed by atoms with Gasteiger partial charge in [0.25, 0.3) is 0 Å². The van der Waals surface area contributed by atoms with Gasteiger partial charge in [0.2, 0.25) is 0 Å². The van der Waals surface area contributed by atoms with Crippen molar-refractivity contribution in [2.24, 2.45) is 0 Å². The van der Waals surface area contributed by atoms with Gasteiger partial charge in [-0.1, -0.05) is 15.9 Å². The predicted octanol–water partition coefficient (Wildman–Crippen LogP) is 2.16. The minimum absolute atomic E-state index is 0.0288. The maximum atomic E-state index is 11.5. The molecule has 4 heteroatoms. The molecule has 0 atom stereocenters. The monoisotopic (exact) mass is 257 g/mol. The van der Waals surface area contributed by atoms with E-state index in [1.807, 2.05) is 6.92 Å². The van der Waals surface area contributed by atoms with E-state index >= 15 is 0 Å². The number of hydrogen-bond acceptors (Lipinski definition) is 3. The smallest absolute Gasteiger partial charge is 0.175 e. The van der Waals surface area contributed by atoms with Crippen molar-refractivity contribution in [1.82, 2.24) is 0 Å². The van der Waals surface area contributed by atoms with E-state index in [4.69, 9.17) is 10.5 Å². The van der Waals surface area contributed by atoms with Gasteiger partial charge in [0.15, 0.2) is 5.78 Å². The first-order chi connectivity index (χ1) is 6.61. The molecule has 0 aliphatic rings. The first-order valence-electron chi connectivity index (χ1n) is 4.14. The molecule has 2 N–H and O–H groups in total. The molecule has 0 heterocycles. The number of ether oxygens (including phenoxy) is 1. The molecular formula is C10H12BrNO2. The van der Waals surface area contributed by atoms with E-state index in [0.717, 1.165) is 5.56 Å². The Hall–Kier alpha value is -1.03. The topological polar surface area (TPSA) is 52.3 Å². The predicted molar refractivity (Wildman–Crippen MR) is 60.3 cm³/mol. The maximum Gasteiger partial charge on any atom is 0.175 e. The summed E-state index contributed by atoms with van der Waals surface area (Å²) in [6.07, 6.45) is 0. The van der Waals surface area contributed by atoms with Gasteiger partial charge in [-0.15, -0.1) is 0 Å². The quantitative estimate of drug-likeness (QED) is 0.513. The molecule has 76 valence electrons. The van der Waals surface area contributed by atoms with Crippen molar-refractivity contribution in [1.29, 1.82) is 0 Å². The highest BCUT2D eigenvalue weighted by Gasteiger charge is 2.14. The van der Waals surface area contributed by atoms with Crippen LogP contribution in [0.25, 0.3) is 0 Å². The normalized spacial score (nSPS) is 9.93. The number of hydrogen-bond donors (Lipinski definition) is 1. The number of Topliss-reactive ketones (excluding diaryl/α,β-unsaturated/α-hetero) is 1. The van der Waals surface area contributed by atoms with Gasteiger partial charge in [-0.05, 0) is 19.1 Å². The van der Waals surface area contributed by atoms with Crippen LogP contribution >= 0.6 is 15.9 Å². The molecule has 0 fully saturated rings. The van der Waals surface area contributed by atoms with Gasteiger partial charge < -0.3 is 10.5 Å². The van der Waals surface area contributed by atoms with Crippen molar-refractivity contribution in [2.75, 3.05) is 18.2 Å². The third kappa shape index (κ3) is 1.90. The van der Waals surface area contributed by atoms with Gasteiger partial charge in [-0.2, -0.15) is 0 Å². The van der Waals surface area contributed by atoms with Gasteiger partial charge in [-0.25, -0.2) is 0 Å². The van der Waals surface area contributed by atoms with Crippen molar-refractivity contribution >= 4 is 27.4 Å². The lowest BCUT2D eigenvalue weighted by molar-refractivity contribution is 0.102. The number of carbonyl (C=O) groups excluding carboxylic acids is 1. The lowest BCUT2D eigenvalue weighted by Crippen LogP contribution is -2.08. The molecule has 3 nitrogen and oxygen atoms in total. The number of methoxy groups -OCH3 is 1. The van der Waals surface area contributed by atoms with Crippen molar-refractivity contribution in [3.63, 3.8) is 0 Å². The summed E-state index contributed by atoms with van der Waals surface area (Å²) in [5, 5.41) is 0.269. The molecule has 1 aromatic carbocycles. The van der Waals surface area contributed by atoms with Gasteiger partial charge in [-0.3, -0.25) is 4.79 Å². The Morgan fingerprint density at radius 1 is 1.57 bits per heavy atom. The number of carbonyl (C=O) groups is 1. The van der Waals surface area contributed by atoms with E-state index in [9.17, 15) is 4.79 Å². The Bertz CT molecular complexity index is 363. The second kappa shape index (κ2) is 4.46. The first-order valence-corrected chi connectivity index (χ1v) is 5.26. The lowest BCUT2D eigenvalue weighted by atomic mass is 10.0. The molecule has 0 unspecified atom stereocenters. The molecule has 1 rings (SSSR count). The molecule has 0 saturated heterocycles. The molecule has 0 aromatic heterocycles. The minimum atomic E-state index is -0.0288. The van der Waals surface area contributed by atoms with E-state index < -0.39 is 0 Å². The molecule has 0 bridgehead atoms. The summed E-state index contributed by atoms with van der Waals surface area (Å²) in [4.78, 5) is 11.5. The lowest BCUT2D eigenvalue weighted by Gasteiger charge is -2.11. The van der Waals surface area contributed by atoms with Gasteiger partial charge in [0, 0.05) is 16.8 Å². The van der Waals surface area contributed by atoms with Crippen LogP contribution in [0.4, 0.5) is 5.69 Å². The fourth-order valence-corrected chi connectivity index (χ4v) is 1.65. The molecule has 14 heavy (non-hydrogen) atoms. The van der Waals surface area contributed by atoms with Crippen molar-refractivity contribution in [3.8, 4) is 5.75 Å². The average Bonchev–Trinajstić information content (AvgIpc) is 2.18. The van der Waals surface area contributed by atoms with Crippen molar-refractivity contribution in [3.05, 3.63) is 23.3 Å². The fourth-order valence-electron chi connectivity index (χ4n) is 1.37. The number of anilines is 1. The van der Waals surface area contributed by atoms with Crippen LogP contribution < -0.4 is 10.5 Å². The zero-order valence-corrected chi connectivity index (χ0v) is 9.72. The third-order valence-corrected chi connectivity index (χ3v) is 2.58. The Labute approximate surface area is 91.4 Å². The van der Waals surface area contributed by atoms with Crippen LogP contribution in [0, 0.1) is 6.92 Å². The second-order valence-electron chi connectivity index (χ2n) is 2.91. The van der Waals surface area contributed by atoms with E-state index in [0.29, 0.717) is 17.0 Å². The van der Waals surface area contributed by atoms with Crippen LogP contribution in [0.5, 0.6) is 5.75 Å². The SMILES string of the molecule is COc1ccc(N)c(C(=O)CBr)c1C. The number of rotatable bonds is 3. The Morgan fingerprint density at radius 2 is 2.21 bits per heavy atom. The average molecular weight is 258 g/mol. The van der Waals surface area contributed by atoms with Crippen LogP contribution in [0.3, 0.4) is 0 Å². The van der Waals surface area contributed by atoms with E-state index in [1.165, 1.54) is 0 Å². The van der Waals surface area contributed by atoms with Gasteiger partial charge in [0.05, 0.1) is 12.4 Å². The fraction of sp³-hybridized carbons (Fsp3) is 0.300. The summed E-state index contributed by atoms with van der Waals surface area (Å²) < 4.78 is 5.11. The standard InChI is InChI=1S/C10H12BrNO2/c1-6-9(14-2)4-3-7(12)10(6)8(13)5-11/h3-4H,5,12H2,1-2H3. The molecular weight excluding hydrogens is 246 g/mol. The van der Waals surface area contributed by atoms with Gasteiger partial charge in [0.1, 0.15) is 5.75 Å². The largest absolute Gasteiger partial charge is 0.496 e. The minimum Gasteiger partial charge on any atom is -0.496 e. The number of benzene rings is 1. The summed E-state index contributed by atoms with van der Waals surface area (Å²) in [6, 6.07) is 3.44. The molecule has 0 spiro atoms. The first kappa shape index (κ1) is 11.0. The Kier molecular flexibility index (Phi) is 3.52. The number of nitrogen functional groups attached to an aromatic ring is 1. The highest BCUT2D eigenvalue weighted by atomic mass is 79.9. The van der Waals surface area contributed by atoms with E-state index in [-0.39, 0.29) is 11.1 Å². The number of alkyl halides is 1. The molecule has 0 amide bonds. The second-order valence-corrected chi connectivity index (χ2v) is 3.47. The Balaban J connectivity index is 3.32. The van der Waals surface area contributed by atoms with E-state index in [2.05, 4.69) is 15.9 Å². The molecule has 0 aliphatic carbocycles. The number of halogens is 1. The van der Waals surface area contributed by atoms with Crippen LogP contribution in [0.1, 0.15) is 15.9 Å². The molecule has 0 aliphatic heterocycles. The van der Waals surface area contributed by atoms with Crippen molar-refractivity contribution < 1.29 is 9.53 Å². The summed E-state index contributed by atoms with van der Waals surface area (Å²) >= 11 is 3.12. The van der Waals surface area contributed by atoms with Crippen LogP contribution in [0.15, 0.2) is 12.1 Å². The zero-order chi connectivity index (χ0) is 10.7. The highest BCUT2D eigenvalue weighted by Crippen LogP contribution is 2.26. The summed E-state index contributed by atoms with van der Waals surface area (Å²) in [5.74, 6) is 0.655. The van der Waals surface area contributed by atoms with Crippen molar-refractivity contribution in [2.45, 2.75) is 6.92 Å². The summed E-state index contributed by atoms with van der Waals surface area (Å²) in [6.45, 7) is 1.82.